The Morgan fingerprint density at radius 2 is 1.71 bits per heavy atom. The van der Waals surface area contributed by atoms with Crippen molar-refractivity contribution in [1.29, 1.82) is 0 Å². The number of hydrazine groups is 1. The highest BCUT2D eigenvalue weighted by atomic mass is 16.6. The van der Waals surface area contributed by atoms with Gasteiger partial charge in [0.2, 0.25) is 0 Å². The Balaban J connectivity index is 2.63. The largest absolute Gasteiger partial charge is 0.445 e. The van der Waals surface area contributed by atoms with Crippen LogP contribution in [0.2, 0.25) is 0 Å². The van der Waals surface area contributed by atoms with Gasteiger partial charge in [-0.25, -0.2) is 14.6 Å². The minimum absolute atomic E-state index is 0.0977. The smallest absolute Gasteiger partial charge is 0.428 e. The van der Waals surface area contributed by atoms with Crippen molar-refractivity contribution < 1.29 is 23.9 Å². The zero-order valence-corrected chi connectivity index (χ0v) is 17.4. The van der Waals surface area contributed by atoms with Gasteiger partial charge >= 0.3 is 12.2 Å². The molecule has 0 aromatic heterocycles. The van der Waals surface area contributed by atoms with Crippen LogP contribution in [0, 0.1) is 5.92 Å². The Bertz CT molecular complexity index is 656. The van der Waals surface area contributed by atoms with Crippen LogP contribution in [0.1, 0.15) is 46.6 Å². The third-order valence-corrected chi connectivity index (χ3v) is 3.47. The predicted molar refractivity (Wildman–Crippen MR) is 105 cm³/mol. The molecule has 8 nitrogen and oxygen atoms in total. The molecule has 0 aliphatic carbocycles. The molecule has 0 heterocycles. The lowest BCUT2D eigenvalue weighted by atomic mass is 10.0. The van der Waals surface area contributed by atoms with Crippen LogP contribution in [0.3, 0.4) is 0 Å². The zero-order chi connectivity index (χ0) is 21.3. The third kappa shape index (κ3) is 9.25. The molecule has 156 valence electrons. The van der Waals surface area contributed by atoms with Crippen molar-refractivity contribution in [2.75, 3.05) is 7.05 Å². The second kappa shape index (κ2) is 10.5. The number of carbonyl (C=O) groups is 3. The highest BCUT2D eigenvalue weighted by Gasteiger charge is 2.26. The standard InChI is InChI=1S/C20H31N3O5/c1-14(2)12-16(17(24)22-23(6)19(26)28-20(3,4)5)21-18(25)27-13-15-10-8-7-9-11-15/h7-11,14,16H,12-13H2,1-6H3,(H,21,25)(H,22,24)/t16-/m0/s1. The summed E-state index contributed by atoms with van der Waals surface area (Å²) in [5, 5.41) is 3.52. The van der Waals surface area contributed by atoms with E-state index >= 15 is 0 Å². The number of alkyl carbamates (subject to hydrolysis) is 1. The maximum Gasteiger partial charge on any atom is 0.428 e. The molecular formula is C20H31N3O5. The molecule has 1 rings (SSSR count). The normalized spacial score (nSPS) is 12.1. The number of nitrogens with zero attached hydrogens (tertiary/aromatic N) is 1. The fourth-order valence-corrected chi connectivity index (χ4v) is 2.23. The fourth-order valence-electron chi connectivity index (χ4n) is 2.23. The Morgan fingerprint density at radius 3 is 2.25 bits per heavy atom. The molecule has 0 aliphatic heterocycles. The Hall–Kier alpha value is -2.77. The van der Waals surface area contributed by atoms with Gasteiger partial charge in [0.05, 0.1) is 0 Å². The monoisotopic (exact) mass is 393 g/mol. The predicted octanol–water partition coefficient (Wildman–Crippen LogP) is 3.23. The molecule has 1 aromatic carbocycles. The van der Waals surface area contributed by atoms with Gasteiger partial charge in [-0.1, -0.05) is 44.2 Å². The van der Waals surface area contributed by atoms with Gasteiger partial charge in [0.25, 0.3) is 5.91 Å². The van der Waals surface area contributed by atoms with Crippen molar-refractivity contribution in [3.63, 3.8) is 0 Å². The molecule has 0 saturated heterocycles. The van der Waals surface area contributed by atoms with E-state index in [1.807, 2.05) is 44.2 Å². The molecule has 0 fully saturated rings. The number of carbonyl (C=O) groups excluding carboxylic acids is 3. The molecule has 8 heteroatoms. The van der Waals surface area contributed by atoms with Crippen LogP contribution in [-0.4, -0.2) is 41.8 Å². The first-order valence-corrected chi connectivity index (χ1v) is 9.22. The van der Waals surface area contributed by atoms with Crippen LogP contribution in [0.5, 0.6) is 0 Å². The van der Waals surface area contributed by atoms with Gasteiger partial charge in [0.15, 0.2) is 0 Å². The number of amides is 3. The quantitative estimate of drug-likeness (QED) is 0.723. The van der Waals surface area contributed by atoms with Crippen molar-refractivity contribution in [2.24, 2.45) is 5.92 Å². The summed E-state index contributed by atoms with van der Waals surface area (Å²) in [4.78, 5) is 36.6. The first-order chi connectivity index (χ1) is 13.0. The molecule has 0 unspecified atom stereocenters. The van der Waals surface area contributed by atoms with E-state index in [0.717, 1.165) is 10.6 Å². The lowest BCUT2D eigenvalue weighted by molar-refractivity contribution is -0.127. The van der Waals surface area contributed by atoms with Gasteiger partial charge in [-0.2, -0.15) is 0 Å². The van der Waals surface area contributed by atoms with Gasteiger partial charge in [0.1, 0.15) is 18.2 Å². The van der Waals surface area contributed by atoms with Crippen LogP contribution in [0.25, 0.3) is 0 Å². The van der Waals surface area contributed by atoms with Gasteiger partial charge < -0.3 is 14.8 Å². The molecule has 0 aliphatic rings. The maximum atomic E-state index is 12.5. The SMILES string of the molecule is CC(C)C[C@H](NC(=O)OCc1ccccc1)C(=O)NN(C)C(=O)OC(C)(C)C. The van der Waals surface area contributed by atoms with E-state index in [9.17, 15) is 14.4 Å². The molecule has 28 heavy (non-hydrogen) atoms. The summed E-state index contributed by atoms with van der Waals surface area (Å²) in [5.74, 6) is -0.393. The lowest BCUT2D eigenvalue weighted by Crippen LogP contribution is -2.54. The summed E-state index contributed by atoms with van der Waals surface area (Å²) in [6.45, 7) is 9.13. The lowest BCUT2D eigenvalue weighted by Gasteiger charge is -2.27. The Labute approximate surface area is 166 Å². The average Bonchev–Trinajstić information content (AvgIpc) is 2.58. The van der Waals surface area contributed by atoms with Gasteiger partial charge in [-0.05, 0) is 38.7 Å². The van der Waals surface area contributed by atoms with Crippen LogP contribution in [0.15, 0.2) is 30.3 Å². The van der Waals surface area contributed by atoms with Crippen LogP contribution >= 0.6 is 0 Å². The first-order valence-electron chi connectivity index (χ1n) is 9.22. The number of nitrogens with one attached hydrogen (secondary N) is 2. The van der Waals surface area contributed by atoms with E-state index in [2.05, 4.69) is 10.7 Å². The van der Waals surface area contributed by atoms with E-state index in [4.69, 9.17) is 9.47 Å². The second-order valence-corrected chi connectivity index (χ2v) is 7.90. The molecule has 0 bridgehead atoms. The number of rotatable bonds is 6. The molecule has 1 aromatic rings. The third-order valence-electron chi connectivity index (χ3n) is 3.47. The fraction of sp³-hybridized carbons (Fsp3) is 0.550. The number of benzene rings is 1. The highest BCUT2D eigenvalue weighted by Crippen LogP contribution is 2.09. The van der Waals surface area contributed by atoms with Crippen LogP contribution in [0.4, 0.5) is 9.59 Å². The number of hydrogen-bond acceptors (Lipinski definition) is 5. The molecule has 0 radical (unpaired) electrons. The Kier molecular flexibility index (Phi) is 8.76. The van der Waals surface area contributed by atoms with Gasteiger partial charge in [-0.15, -0.1) is 0 Å². The molecule has 0 spiro atoms. The molecule has 0 saturated carbocycles. The van der Waals surface area contributed by atoms with E-state index in [1.165, 1.54) is 7.05 Å². The van der Waals surface area contributed by atoms with Crippen molar-refractivity contribution in [3.05, 3.63) is 35.9 Å². The van der Waals surface area contributed by atoms with E-state index < -0.39 is 29.7 Å². The van der Waals surface area contributed by atoms with E-state index in [-0.39, 0.29) is 12.5 Å². The van der Waals surface area contributed by atoms with Crippen molar-refractivity contribution in [3.8, 4) is 0 Å². The maximum absolute atomic E-state index is 12.5. The summed E-state index contributed by atoms with van der Waals surface area (Å²) >= 11 is 0. The van der Waals surface area contributed by atoms with Gasteiger partial charge in [-0.3, -0.25) is 10.2 Å². The number of ether oxygens (including phenoxy) is 2. The molecule has 3 amide bonds. The van der Waals surface area contributed by atoms with E-state index in [1.54, 1.807) is 20.8 Å². The van der Waals surface area contributed by atoms with E-state index in [0.29, 0.717) is 6.42 Å². The molecule has 1 atom stereocenters. The zero-order valence-electron chi connectivity index (χ0n) is 17.4. The van der Waals surface area contributed by atoms with Crippen LogP contribution in [-0.2, 0) is 20.9 Å². The van der Waals surface area contributed by atoms with Crippen LogP contribution < -0.4 is 10.7 Å². The average molecular weight is 393 g/mol. The summed E-state index contributed by atoms with van der Waals surface area (Å²) < 4.78 is 10.4. The molecule has 2 N–H and O–H groups in total. The number of hydrogen-bond donors (Lipinski definition) is 2. The summed E-state index contributed by atoms with van der Waals surface area (Å²) in [7, 11) is 1.38. The second-order valence-electron chi connectivity index (χ2n) is 7.90. The summed E-state index contributed by atoms with van der Waals surface area (Å²) in [6, 6.07) is 8.38. The van der Waals surface area contributed by atoms with Gasteiger partial charge in [0, 0.05) is 7.05 Å². The molecular weight excluding hydrogens is 362 g/mol. The minimum Gasteiger partial charge on any atom is -0.445 e. The topological polar surface area (TPSA) is 97.0 Å². The summed E-state index contributed by atoms with van der Waals surface area (Å²) in [5.41, 5.74) is 2.59. The first kappa shape index (κ1) is 23.3. The van der Waals surface area contributed by atoms with Crippen molar-refractivity contribution >= 4 is 18.1 Å². The Morgan fingerprint density at radius 1 is 1.11 bits per heavy atom. The summed E-state index contributed by atoms with van der Waals surface area (Å²) in [6.07, 6.45) is -1.02. The highest BCUT2D eigenvalue weighted by molar-refractivity contribution is 5.86. The van der Waals surface area contributed by atoms with Crippen molar-refractivity contribution in [1.82, 2.24) is 15.8 Å². The minimum atomic E-state index is -0.854. The van der Waals surface area contributed by atoms with Crippen molar-refractivity contribution in [2.45, 2.75) is 59.3 Å².